The average Bonchev–Trinajstić information content (AvgIpc) is 2.97. The van der Waals surface area contributed by atoms with Crippen molar-refractivity contribution >= 4 is 22.4 Å². The number of nitrogens with zero attached hydrogens (tertiary/aromatic N) is 2. The average molecular weight is 289 g/mol. The SMILES string of the molecule is O=C(Nc1nc(-c2ccccn2)cs1)C1CCOCC1. The van der Waals surface area contributed by atoms with Crippen LogP contribution >= 0.6 is 11.3 Å². The van der Waals surface area contributed by atoms with Gasteiger partial charge in [0.05, 0.1) is 5.69 Å². The number of rotatable bonds is 3. The van der Waals surface area contributed by atoms with Crippen LogP contribution in [-0.2, 0) is 9.53 Å². The standard InChI is InChI=1S/C14H15N3O2S/c18-13(10-4-7-19-8-5-10)17-14-16-12(9-20-14)11-3-1-2-6-15-11/h1-3,6,9-10H,4-5,7-8H2,(H,16,17,18). The van der Waals surface area contributed by atoms with E-state index in [0.717, 1.165) is 24.2 Å². The van der Waals surface area contributed by atoms with Gasteiger partial charge in [-0.25, -0.2) is 4.98 Å². The topological polar surface area (TPSA) is 64.1 Å². The molecule has 0 atom stereocenters. The van der Waals surface area contributed by atoms with Crippen LogP contribution in [0, 0.1) is 5.92 Å². The monoisotopic (exact) mass is 289 g/mol. The summed E-state index contributed by atoms with van der Waals surface area (Å²) in [5.41, 5.74) is 1.60. The maximum absolute atomic E-state index is 12.1. The summed E-state index contributed by atoms with van der Waals surface area (Å²) in [5, 5.41) is 5.42. The van der Waals surface area contributed by atoms with Gasteiger partial charge in [-0.15, -0.1) is 11.3 Å². The van der Waals surface area contributed by atoms with Crippen molar-refractivity contribution in [3.05, 3.63) is 29.8 Å². The molecular formula is C14H15N3O2S. The third-order valence-corrected chi connectivity index (χ3v) is 4.01. The van der Waals surface area contributed by atoms with Crippen molar-refractivity contribution in [2.45, 2.75) is 12.8 Å². The minimum atomic E-state index is 0.0333. The van der Waals surface area contributed by atoms with Gasteiger partial charge in [0.2, 0.25) is 5.91 Å². The smallest absolute Gasteiger partial charge is 0.229 e. The molecular weight excluding hydrogens is 274 g/mol. The molecule has 104 valence electrons. The van der Waals surface area contributed by atoms with Gasteiger partial charge in [0.15, 0.2) is 5.13 Å². The van der Waals surface area contributed by atoms with Crippen LogP contribution in [0.25, 0.3) is 11.4 Å². The van der Waals surface area contributed by atoms with Gasteiger partial charge in [-0.3, -0.25) is 9.78 Å². The number of thiazole rings is 1. The Kier molecular flexibility index (Phi) is 4.03. The first-order chi connectivity index (χ1) is 9.83. The second-order valence-electron chi connectivity index (χ2n) is 4.63. The van der Waals surface area contributed by atoms with Crippen molar-refractivity contribution in [3.63, 3.8) is 0 Å². The van der Waals surface area contributed by atoms with E-state index in [1.54, 1.807) is 6.20 Å². The first-order valence-electron chi connectivity index (χ1n) is 6.58. The van der Waals surface area contributed by atoms with E-state index in [4.69, 9.17) is 4.74 Å². The molecule has 1 N–H and O–H groups in total. The molecule has 0 aliphatic carbocycles. The van der Waals surface area contributed by atoms with E-state index in [9.17, 15) is 4.79 Å². The normalized spacial score (nSPS) is 16.0. The van der Waals surface area contributed by atoms with Crippen molar-refractivity contribution < 1.29 is 9.53 Å². The zero-order chi connectivity index (χ0) is 13.8. The molecule has 1 aliphatic heterocycles. The van der Waals surface area contributed by atoms with Crippen molar-refractivity contribution in [3.8, 4) is 11.4 Å². The molecule has 5 nitrogen and oxygen atoms in total. The molecule has 0 spiro atoms. The van der Waals surface area contributed by atoms with Crippen LogP contribution in [0.3, 0.4) is 0 Å². The summed E-state index contributed by atoms with van der Waals surface area (Å²) in [4.78, 5) is 20.8. The van der Waals surface area contributed by atoms with Gasteiger partial charge >= 0.3 is 0 Å². The number of hydrogen-bond donors (Lipinski definition) is 1. The number of pyridine rings is 1. The quantitative estimate of drug-likeness (QED) is 0.943. The van der Waals surface area contributed by atoms with Crippen LogP contribution in [0.4, 0.5) is 5.13 Å². The number of hydrogen-bond acceptors (Lipinski definition) is 5. The Balaban J connectivity index is 1.66. The molecule has 0 bridgehead atoms. The lowest BCUT2D eigenvalue weighted by atomic mass is 10.00. The second kappa shape index (κ2) is 6.11. The summed E-state index contributed by atoms with van der Waals surface area (Å²) in [6.07, 6.45) is 3.30. The van der Waals surface area contributed by atoms with Gasteiger partial charge in [-0.05, 0) is 25.0 Å². The molecule has 0 aromatic carbocycles. The van der Waals surface area contributed by atoms with Crippen molar-refractivity contribution in [2.75, 3.05) is 18.5 Å². The van der Waals surface area contributed by atoms with Crippen LogP contribution < -0.4 is 5.32 Å². The Hall–Kier alpha value is -1.79. The summed E-state index contributed by atoms with van der Waals surface area (Å²) in [7, 11) is 0. The maximum atomic E-state index is 12.1. The van der Waals surface area contributed by atoms with E-state index in [-0.39, 0.29) is 11.8 Å². The molecule has 1 fully saturated rings. The maximum Gasteiger partial charge on any atom is 0.229 e. The zero-order valence-corrected chi connectivity index (χ0v) is 11.7. The number of carbonyl (C=O) groups excluding carboxylic acids is 1. The molecule has 0 saturated carbocycles. The molecule has 0 unspecified atom stereocenters. The Morgan fingerprint density at radius 3 is 2.90 bits per heavy atom. The van der Waals surface area contributed by atoms with E-state index in [1.807, 2.05) is 23.6 Å². The fourth-order valence-electron chi connectivity index (χ4n) is 2.13. The van der Waals surface area contributed by atoms with Gasteiger partial charge in [-0.1, -0.05) is 6.07 Å². The van der Waals surface area contributed by atoms with E-state index >= 15 is 0 Å². The Labute approximate surface area is 121 Å². The fraction of sp³-hybridized carbons (Fsp3) is 0.357. The van der Waals surface area contributed by atoms with Gasteiger partial charge in [-0.2, -0.15) is 0 Å². The highest BCUT2D eigenvalue weighted by molar-refractivity contribution is 7.14. The molecule has 20 heavy (non-hydrogen) atoms. The molecule has 2 aromatic heterocycles. The molecule has 2 aromatic rings. The zero-order valence-electron chi connectivity index (χ0n) is 10.9. The number of amides is 1. The van der Waals surface area contributed by atoms with Crippen molar-refractivity contribution in [1.82, 2.24) is 9.97 Å². The summed E-state index contributed by atoms with van der Waals surface area (Å²) in [6.45, 7) is 1.32. The van der Waals surface area contributed by atoms with Crippen molar-refractivity contribution in [2.24, 2.45) is 5.92 Å². The van der Waals surface area contributed by atoms with Gasteiger partial charge in [0.1, 0.15) is 5.69 Å². The van der Waals surface area contributed by atoms with E-state index in [0.29, 0.717) is 18.3 Å². The summed E-state index contributed by atoms with van der Waals surface area (Å²) in [6, 6.07) is 5.69. The molecule has 3 heterocycles. The lowest BCUT2D eigenvalue weighted by Crippen LogP contribution is -2.28. The van der Waals surface area contributed by atoms with Crippen LogP contribution in [0.1, 0.15) is 12.8 Å². The molecule has 1 amide bonds. The highest BCUT2D eigenvalue weighted by Crippen LogP contribution is 2.24. The van der Waals surface area contributed by atoms with E-state index in [2.05, 4.69) is 15.3 Å². The Bertz CT molecular complexity index is 579. The lowest BCUT2D eigenvalue weighted by molar-refractivity contribution is -0.122. The number of aromatic nitrogens is 2. The molecule has 0 radical (unpaired) electrons. The molecule has 3 rings (SSSR count). The minimum absolute atomic E-state index is 0.0333. The first-order valence-corrected chi connectivity index (χ1v) is 7.46. The van der Waals surface area contributed by atoms with Gasteiger partial charge in [0.25, 0.3) is 0 Å². The summed E-state index contributed by atoms with van der Waals surface area (Å²) >= 11 is 1.42. The van der Waals surface area contributed by atoms with Crippen LogP contribution in [0.2, 0.25) is 0 Å². The van der Waals surface area contributed by atoms with Gasteiger partial charge < -0.3 is 10.1 Å². The number of nitrogens with one attached hydrogen (secondary N) is 1. The molecule has 1 aliphatic rings. The summed E-state index contributed by atoms with van der Waals surface area (Å²) in [5.74, 6) is 0.0705. The van der Waals surface area contributed by atoms with Crippen LogP contribution in [0.15, 0.2) is 29.8 Å². The van der Waals surface area contributed by atoms with Crippen LogP contribution in [-0.4, -0.2) is 29.1 Å². The summed E-state index contributed by atoms with van der Waals surface area (Å²) < 4.78 is 5.26. The Morgan fingerprint density at radius 2 is 2.15 bits per heavy atom. The highest BCUT2D eigenvalue weighted by Gasteiger charge is 2.22. The number of carbonyl (C=O) groups is 1. The highest BCUT2D eigenvalue weighted by atomic mass is 32.1. The number of anilines is 1. The molecule has 6 heteroatoms. The third kappa shape index (κ3) is 3.02. The predicted molar refractivity (Wildman–Crippen MR) is 77.5 cm³/mol. The largest absolute Gasteiger partial charge is 0.381 e. The Morgan fingerprint density at radius 1 is 1.30 bits per heavy atom. The lowest BCUT2D eigenvalue weighted by Gasteiger charge is -2.20. The van der Waals surface area contributed by atoms with Crippen LogP contribution in [0.5, 0.6) is 0 Å². The van der Waals surface area contributed by atoms with Crippen molar-refractivity contribution in [1.29, 1.82) is 0 Å². The third-order valence-electron chi connectivity index (χ3n) is 3.25. The minimum Gasteiger partial charge on any atom is -0.381 e. The van der Waals surface area contributed by atoms with E-state index < -0.39 is 0 Å². The molecule has 1 saturated heterocycles. The first kappa shape index (κ1) is 13.2. The van der Waals surface area contributed by atoms with Gasteiger partial charge in [0, 0.05) is 30.7 Å². The second-order valence-corrected chi connectivity index (χ2v) is 5.49. The fourth-order valence-corrected chi connectivity index (χ4v) is 2.84. The predicted octanol–water partition coefficient (Wildman–Crippen LogP) is 2.57. The van der Waals surface area contributed by atoms with E-state index in [1.165, 1.54) is 11.3 Å². The number of ether oxygens (including phenoxy) is 1.